The van der Waals surface area contributed by atoms with Crippen LogP contribution in [-0.4, -0.2) is 4.98 Å². The van der Waals surface area contributed by atoms with Gasteiger partial charge in [0.05, 0.1) is 5.69 Å². The largest absolute Gasteiger partial charge is 0.257 e. The molecule has 0 unspecified atom stereocenters. The van der Waals surface area contributed by atoms with Gasteiger partial charge in [-0.1, -0.05) is 12.1 Å². The molecule has 3 rings (SSSR count). The third-order valence-electron chi connectivity index (χ3n) is 2.50. The molecule has 3 aromatic heterocycles. The lowest BCUT2D eigenvalue weighted by Gasteiger charge is -1.90. The molecule has 0 aliphatic carbocycles. The van der Waals surface area contributed by atoms with Crippen LogP contribution in [0.3, 0.4) is 0 Å². The molecule has 18 heavy (non-hydrogen) atoms. The summed E-state index contributed by atoms with van der Waals surface area (Å²) in [7, 11) is 0. The Balaban J connectivity index is 1.80. The molecule has 0 spiro atoms. The quantitative estimate of drug-likeness (QED) is 0.649. The van der Waals surface area contributed by atoms with Crippen molar-refractivity contribution in [2.75, 3.05) is 0 Å². The van der Waals surface area contributed by atoms with Gasteiger partial charge in [0, 0.05) is 20.8 Å². The number of rotatable bonds is 3. The van der Waals surface area contributed by atoms with Gasteiger partial charge in [-0.3, -0.25) is 4.98 Å². The topological polar surface area (TPSA) is 12.9 Å². The maximum atomic E-state index is 4.27. The molecule has 0 aliphatic rings. The summed E-state index contributed by atoms with van der Waals surface area (Å²) < 4.78 is 0. The van der Waals surface area contributed by atoms with E-state index in [9.17, 15) is 0 Å². The molecule has 0 radical (unpaired) electrons. The second-order valence-electron chi connectivity index (χ2n) is 3.77. The average molecular weight is 269 g/mol. The van der Waals surface area contributed by atoms with Crippen LogP contribution in [0.25, 0.3) is 21.9 Å². The number of hydrogen-bond donors (Lipinski definition) is 0. The molecule has 0 fully saturated rings. The van der Waals surface area contributed by atoms with Crippen molar-refractivity contribution in [3.05, 3.63) is 64.6 Å². The predicted octanol–water partition coefficient (Wildman–Crippen LogP) is 5.04. The molecule has 3 aromatic rings. The summed E-state index contributed by atoms with van der Waals surface area (Å²) >= 11 is 3.58. The van der Waals surface area contributed by atoms with Gasteiger partial charge in [0.25, 0.3) is 0 Å². The first-order chi connectivity index (χ1) is 8.92. The van der Waals surface area contributed by atoms with Gasteiger partial charge in [0.15, 0.2) is 0 Å². The highest BCUT2D eigenvalue weighted by Gasteiger charge is 2.01. The fourth-order valence-corrected chi connectivity index (χ4v) is 3.38. The van der Waals surface area contributed by atoms with Crippen molar-refractivity contribution in [3.8, 4) is 9.75 Å². The van der Waals surface area contributed by atoms with Gasteiger partial charge in [-0.2, -0.15) is 0 Å². The Morgan fingerprint density at radius 2 is 1.89 bits per heavy atom. The minimum Gasteiger partial charge on any atom is -0.257 e. The molecule has 1 nitrogen and oxygen atoms in total. The SMILES string of the molecule is C(=C\c1ccc(-c2cccs2)s1)/c1ccccn1. The third-order valence-corrected chi connectivity index (χ3v) is 4.61. The molecule has 3 heteroatoms. The van der Waals surface area contributed by atoms with E-state index >= 15 is 0 Å². The summed E-state index contributed by atoms with van der Waals surface area (Å²) in [6, 6.07) is 14.5. The zero-order chi connectivity index (χ0) is 12.2. The Morgan fingerprint density at radius 3 is 2.67 bits per heavy atom. The van der Waals surface area contributed by atoms with E-state index in [0.717, 1.165) is 5.69 Å². The number of thiophene rings is 2. The van der Waals surface area contributed by atoms with Gasteiger partial charge < -0.3 is 0 Å². The van der Waals surface area contributed by atoms with Crippen molar-refractivity contribution in [2.45, 2.75) is 0 Å². The fraction of sp³-hybridized carbons (Fsp3) is 0. The van der Waals surface area contributed by atoms with Crippen LogP contribution in [0.2, 0.25) is 0 Å². The summed E-state index contributed by atoms with van der Waals surface area (Å²) in [4.78, 5) is 8.18. The van der Waals surface area contributed by atoms with Crippen LogP contribution in [0.5, 0.6) is 0 Å². The maximum absolute atomic E-state index is 4.27. The second kappa shape index (κ2) is 5.29. The van der Waals surface area contributed by atoms with Gasteiger partial charge in [0.1, 0.15) is 0 Å². The third kappa shape index (κ3) is 2.58. The van der Waals surface area contributed by atoms with Crippen LogP contribution in [0.4, 0.5) is 0 Å². The van der Waals surface area contributed by atoms with Crippen LogP contribution in [0.1, 0.15) is 10.6 Å². The van der Waals surface area contributed by atoms with E-state index in [1.165, 1.54) is 14.6 Å². The van der Waals surface area contributed by atoms with Crippen LogP contribution >= 0.6 is 22.7 Å². The first-order valence-electron chi connectivity index (χ1n) is 5.65. The molecule has 0 atom stereocenters. The van der Waals surface area contributed by atoms with Crippen molar-refractivity contribution >= 4 is 34.8 Å². The highest BCUT2D eigenvalue weighted by atomic mass is 32.1. The van der Waals surface area contributed by atoms with Gasteiger partial charge in [-0.05, 0) is 47.9 Å². The summed E-state index contributed by atoms with van der Waals surface area (Å²) in [6.07, 6.45) is 5.97. The number of hydrogen-bond acceptors (Lipinski definition) is 3. The first-order valence-corrected chi connectivity index (χ1v) is 7.34. The average Bonchev–Trinajstić information content (AvgIpc) is 3.08. The van der Waals surface area contributed by atoms with Gasteiger partial charge in [0.2, 0.25) is 0 Å². The van der Waals surface area contributed by atoms with Gasteiger partial charge in [-0.25, -0.2) is 0 Å². The van der Waals surface area contributed by atoms with E-state index in [0.29, 0.717) is 0 Å². The van der Waals surface area contributed by atoms with E-state index in [1.807, 2.05) is 30.5 Å². The van der Waals surface area contributed by atoms with Crippen molar-refractivity contribution in [1.82, 2.24) is 4.98 Å². The molecule has 0 bridgehead atoms. The molecule has 0 aliphatic heterocycles. The Bertz CT molecular complexity index is 636. The molecular weight excluding hydrogens is 258 g/mol. The predicted molar refractivity (Wildman–Crippen MR) is 80.8 cm³/mol. The second-order valence-corrected chi connectivity index (χ2v) is 5.83. The number of nitrogens with zero attached hydrogens (tertiary/aromatic N) is 1. The standard InChI is InChI=1S/C15H11NS2/c1-2-10-16-12(4-1)6-7-13-8-9-15(18-13)14-5-3-11-17-14/h1-11H/b7-6+. The lowest BCUT2D eigenvalue weighted by molar-refractivity contribution is 1.30. The highest BCUT2D eigenvalue weighted by molar-refractivity contribution is 7.21. The van der Waals surface area contributed by atoms with Crippen molar-refractivity contribution in [2.24, 2.45) is 0 Å². The van der Waals surface area contributed by atoms with Gasteiger partial charge >= 0.3 is 0 Å². The summed E-state index contributed by atoms with van der Waals surface area (Å²) in [6.45, 7) is 0. The summed E-state index contributed by atoms with van der Waals surface area (Å²) in [5.74, 6) is 0. The van der Waals surface area contributed by atoms with Crippen LogP contribution in [0.15, 0.2) is 54.0 Å². The molecule has 0 aromatic carbocycles. The molecule has 0 N–H and O–H groups in total. The number of pyridine rings is 1. The lowest BCUT2D eigenvalue weighted by atomic mass is 10.3. The van der Waals surface area contributed by atoms with E-state index < -0.39 is 0 Å². The van der Waals surface area contributed by atoms with E-state index in [2.05, 4.69) is 40.7 Å². The molecule has 88 valence electrons. The summed E-state index contributed by atoms with van der Waals surface area (Å²) in [5.41, 5.74) is 0.989. The van der Waals surface area contributed by atoms with Crippen LogP contribution in [-0.2, 0) is 0 Å². The molecule has 0 amide bonds. The van der Waals surface area contributed by atoms with E-state index in [-0.39, 0.29) is 0 Å². The Morgan fingerprint density at radius 1 is 0.889 bits per heavy atom. The number of aromatic nitrogens is 1. The monoisotopic (exact) mass is 269 g/mol. The zero-order valence-electron chi connectivity index (χ0n) is 9.61. The molecule has 0 saturated carbocycles. The zero-order valence-corrected chi connectivity index (χ0v) is 11.2. The Kier molecular flexibility index (Phi) is 3.35. The van der Waals surface area contributed by atoms with Gasteiger partial charge in [-0.15, -0.1) is 22.7 Å². The maximum Gasteiger partial charge on any atom is 0.0630 e. The van der Waals surface area contributed by atoms with Crippen molar-refractivity contribution in [3.63, 3.8) is 0 Å². The van der Waals surface area contributed by atoms with Crippen LogP contribution < -0.4 is 0 Å². The summed E-state index contributed by atoms with van der Waals surface area (Å²) in [5, 5.41) is 2.11. The van der Waals surface area contributed by atoms with E-state index in [4.69, 9.17) is 0 Å². The Labute approximate surface area is 114 Å². The Hall–Kier alpha value is -1.71. The fourth-order valence-electron chi connectivity index (χ4n) is 1.64. The molecule has 0 saturated heterocycles. The normalized spacial score (nSPS) is 11.1. The minimum absolute atomic E-state index is 0.989. The smallest absolute Gasteiger partial charge is 0.0630 e. The lowest BCUT2D eigenvalue weighted by Crippen LogP contribution is -1.75. The van der Waals surface area contributed by atoms with Crippen molar-refractivity contribution < 1.29 is 0 Å². The van der Waals surface area contributed by atoms with Crippen molar-refractivity contribution in [1.29, 1.82) is 0 Å². The molecular formula is C15H11NS2. The minimum atomic E-state index is 0.989. The first kappa shape index (κ1) is 11.4. The highest BCUT2D eigenvalue weighted by Crippen LogP contribution is 2.32. The van der Waals surface area contributed by atoms with Crippen LogP contribution in [0, 0.1) is 0 Å². The van der Waals surface area contributed by atoms with E-state index in [1.54, 1.807) is 22.7 Å². The molecule has 3 heterocycles.